The zero-order valence-electron chi connectivity index (χ0n) is 9.83. The van der Waals surface area contributed by atoms with Crippen LogP contribution in [0, 0.1) is 11.6 Å². The predicted octanol–water partition coefficient (Wildman–Crippen LogP) is 3.35. The maximum Gasteiger partial charge on any atom is 0.257 e. The molecule has 1 aromatic rings. The number of amides is 1. The first-order valence-electron chi connectivity index (χ1n) is 5.95. The molecule has 1 aliphatic rings. The van der Waals surface area contributed by atoms with Crippen LogP contribution in [0.15, 0.2) is 18.2 Å². The molecule has 0 aromatic heterocycles. The third kappa shape index (κ3) is 2.71. The van der Waals surface area contributed by atoms with Crippen molar-refractivity contribution in [2.45, 2.75) is 25.3 Å². The number of nitrogens with zero attached hydrogens (tertiary/aromatic N) is 1. The molecular weight excluding hydrogens is 304 g/mol. The van der Waals surface area contributed by atoms with Gasteiger partial charge in [0, 0.05) is 24.0 Å². The highest BCUT2D eigenvalue weighted by atomic mass is 79.9. The molecule has 0 N–H and O–H groups in total. The molecule has 2 rings (SSSR count). The van der Waals surface area contributed by atoms with Crippen molar-refractivity contribution in [3.8, 4) is 0 Å². The summed E-state index contributed by atoms with van der Waals surface area (Å²) in [7, 11) is 0. The van der Waals surface area contributed by atoms with Gasteiger partial charge in [0.25, 0.3) is 5.91 Å². The second kappa shape index (κ2) is 5.78. The highest BCUT2D eigenvalue weighted by Gasteiger charge is 2.28. The minimum absolute atomic E-state index is 0.0516. The zero-order chi connectivity index (χ0) is 13.1. The van der Waals surface area contributed by atoms with Gasteiger partial charge in [-0.15, -0.1) is 0 Å². The summed E-state index contributed by atoms with van der Waals surface area (Å²) < 4.78 is 26.4. The minimum Gasteiger partial charge on any atom is -0.335 e. The number of piperidine rings is 1. The lowest BCUT2D eigenvalue weighted by atomic mass is 10.0. The smallest absolute Gasteiger partial charge is 0.257 e. The summed E-state index contributed by atoms with van der Waals surface area (Å²) >= 11 is 3.37. The second-order valence-electron chi connectivity index (χ2n) is 4.43. The number of hydrogen-bond donors (Lipinski definition) is 0. The Balaban J connectivity index is 2.24. The first kappa shape index (κ1) is 13.5. The van der Waals surface area contributed by atoms with E-state index in [4.69, 9.17) is 0 Å². The van der Waals surface area contributed by atoms with Crippen LogP contribution in [0.4, 0.5) is 8.78 Å². The van der Waals surface area contributed by atoms with Crippen LogP contribution in [0.5, 0.6) is 0 Å². The summed E-state index contributed by atoms with van der Waals surface area (Å²) in [6.07, 6.45) is 2.92. The van der Waals surface area contributed by atoms with Crippen LogP contribution in [0.2, 0.25) is 0 Å². The summed E-state index contributed by atoms with van der Waals surface area (Å²) in [6.45, 7) is 0.631. The quantitative estimate of drug-likeness (QED) is 0.766. The van der Waals surface area contributed by atoms with Crippen molar-refractivity contribution in [3.63, 3.8) is 0 Å². The van der Waals surface area contributed by atoms with Gasteiger partial charge in [-0.05, 0) is 31.4 Å². The Morgan fingerprint density at radius 1 is 1.39 bits per heavy atom. The third-order valence-electron chi connectivity index (χ3n) is 3.23. The van der Waals surface area contributed by atoms with Crippen molar-refractivity contribution in [2.24, 2.45) is 0 Å². The molecule has 1 amide bonds. The van der Waals surface area contributed by atoms with Crippen LogP contribution in [0.3, 0.4) is 0 Å². The molecule has 1 aliphatic heterocycles. The second-order valence-corrected chi connectivity index (χ2v) is 5.07. The molecule has 1 unspecified atom stereocenters. The summed E-state index contributed by atoms with van der Waals surface area (Å²) in [5.41, 5.74) is -0.0516. The van der Waals surface area contributed by atoms with E-state index in [-0.39, 0.29) is 17.5 Å². The van der Waals surface area contributed by atoms with Gasteiger partial charge in [-0.3, -0.25) is 4.79 Å². The van der Waals surface area contributed by atoms with E-state index in [1.54, 1.807) is 4.90 Å². The van der Waals surface area contributed by atoms with Crippen LogP contribution in [0.1, 0.15) is 29.6 Å². The number of alkyl halides is 1. The summed E-state index contributed by atoms with van der Waals surface area (Å²) in [6, 6.07) is 3.17. The van der Waals surface area contributed by atoms with E-state index < -0.39 is 11.6 Å². The van der Waals surface area contributed by atoms with Gasteiger partial charge in [-0.1, -0.05) is 15.9 Å². The molecule has 1 aromatic carbocycles. The highest BCUT2D eigenvalue weighted by molar-refractivity contribution is 9.09. The fraction of sp³-hybridized carbons (Fsp3) is 0.462. The molecule has 0 bridgehead atoms. The maximum atomic E-state index is 13.6. The molecule has 1 atom stereocenters. The molecule has 0 saturated carbocycles. The van der Waals surface area contributed by atoms with Crippen LogP contribution in [0.25, 0.3) is 0 Å². The molecule has 1 saturated heterocycles. The van der Waals surface area contributed by atoms with Gasteiger partial charge in [0.1, 0.15) is 11.6 Å². The van der Waals surface area contributed by atoms with Crippen molar-refractivity contribution >= 4 is 21.8 Å². The predicted molar refractivity (Wildman–Crippen MR) is 68.8 cm³/mol. The SMILES string of the molecule is O=C(c1ccc(F)cc1F)N1CCCCC1CBr. The number of likely N-dealkylation sites (tertiary alicyclic amines) is 1. The van der Waals surface area contributed by atoms with Crippen LogP contribution in [-0.4, -0.2) is 28.7 Å². The number of hydrogen-bond acceptors (Lipinski definition) is 1. The topological polar surface area (TPSA) is 20.3 Å². The normalized spacial score (nSPS) is 19.9. The lowest BCUT2D eigenvalue weighted by molar-refractivity contribution is 0.0637. The standard InChI is InChI=1S/C13H14BrF2NO/c14-8-10-3-1-2-6-17(10)13(18)11-5-4-9(15)7-12(11)16/h4-5,7,10H,1-3,6,8H2. The first-order chi connectivity index (χ1) is 8.63. The van der Waals surface area contributed by atoms with Gasteiger partial charge in [0.15, 0.2) is 0 Å². The minimum atomic E-state index is -0.793. The van der Waals surface area contributed by atoms with Crippen molar-refractivity contribution in [3.05, 3.63) is 35.4 Å². The van der Waals surface area contributed by atoms with Crippen LogP contribution in [-0.2, 0) is 0 Å². The third-order valence-corrected chi connectivity index (χ3v) is 3.98. The van der Waals surface area contributed by atoms with Gasteiger partial charge in [-0.2, -0.15) is 0 Å². The molecule has 18 heavy (non-hydrogen) atoms. The number of carbonyl (C=O) groups is 1. The molecule has 0 aliphatic carbocycles. The summed E-state index contributed by atoms with van der Waals surface area (Å²) in [5.74, 6) is -1.81. The van der Waals surface area contributed by atoms with Gasteiger partial charge in [-0.25, -0.2) is 8.78 Å². The van der Waals surface area contributed by atoms with Gasteiger partial charge in [0.05, 0.1) is 5.56 Å². The monoisotopic (exact) mass is 317 g/mol. The zero-order valence-corrected chi connectivity index (χ0v) is 11.4. The fourth-order valence-corrected chi connectivity index (χ4v) is 2.92. The molecule has 5 heteroatoms. The van der Waals surface area contributed by atoms with E-state index in [0.29, 0.717) is 11.9 Å². The average Bonchev–Trinajstić information content (AvgIpc) is 2.38. The Kier molecular flexibility index (Phi) is 4.32. The van der Waals surface area contributed by atoms with E-state index in [9.17, 15) is 13.6 Å². The highest BCUT2D eigenvalue weighted by Crippen LogP contribution is 2.22. The number of benzene rings is 1. The van der Waals surface area contributed by atoms with E-state index in [1.165, 1.54) is 6.07 Å². The maximum absolute atomic E-state index is 13.6. The largest absolute Gasteiger partial charge is 0.335 e. The lowest BCUT2D eigenvalue weighted by Crippen LogP contribution is -2.44. The van der Waals surface area contributed by atoms with E-state index in [2.05, 4.69) is 15.9 Å². The molecule has 2 nitrogen and oxygen atoms in total. The van der Waals surface area contributed by atoms with Gasteiger partial charge < -0.3 is 4.90 Å². The number of halogens is 3. The van der Waals surface area contributed by atoms with Crippen molar-refractivity contribution in [1.29, 1.82) is 0 Å². The fourth-order valence-electron chi connectivity index (χ4n) is 2.25. The summed E-state index contributed by atoms with van der Waals surface area (Å²) in [5, 5.41) is 0.682. The summed E-state index contributed by atoms with van der Waals surface area (Å²) in [4.78, 5) is 13.9. The van der Waals surface area contributed by atoms with Crippen LogP contribution < -0.4 is 0 Å². The molecule has 0 spiro atoms. The molecule has 1 fully saturated rings. The molecular formula is C13H14BrF2NO. The Hall–Kier alpha value is -0.970. The van der Waals surface area contributed by atoms with Gasteiger partial charge in [0.2, 0.25) is 0 Å². The van der Waals surface area contributed by atoms with Gasteiger partial charge >= 0.3 is 0 Å². The van der Waals surface area contributed by atoms with E-state index in [0.717, 1.165) is 31.4 Å². The van der Waals surface area contributed by atoms with E-state index in [1.807, 2.05) is 0 Å². The van der Waals surface area contributed by atoms with E-state index >= 15 is 0 Å². The van der Waals surface area contributed by atoms with Crippen molar-refractivity contribution < 1.29 is 13.6 Å². The Bertz CT molecular complexity index is 453. The number of rotatable bonds is 2. The Morgan fingerprint density at radius 3 is 2.83 bits per heavy atom. The average molecular weight is 318 g/mol. The molecule has 0 radical (unpaired) electrons. The molecule has 98 valence electrons. The Labute approximate surface area is 113 Å². The molecule has 1 heterocycles. The lowest BCUT2D eigenvalue weighted by Gasteiger charge is -2.34. The van der Waals surface area contributed by atoms with Crippen molar-refractivity contribution in [2.75, 3.05) is 11.9 Å². The van der Waals surface area contributed by atoms with Crippen LogP contribution >= 0.6 is 15.9 Å². The Morgan fingerprint density at radius 2 is 2.17 bits per heavy atom. The van der Waals surface area contributed by atoms with Crippen molar-refractivity contribution in [1.82, 2.24) is 4.90 Å². The first-order valence-corrected chi connectivity index (χ1v) is 7.07. The number of carbonyl (C=O) groups excluding carboxylic acids is 1.